The zero-order valence-corrected chi connectivity index (χ0v) is 15.9. The molecule has 2 aromatic carbocycles. The Morgan fingerprint density at radius 3 is 2.61 bits per heavy atom. The molecule has 0 bridgehead atoms. The van der Waals surface area contributed by atoms with E-state index in [0.29, 0.717) is 24.3 Å². The second kappa shape index (κ2) is 7.58. The molecule has 3 aromatic rings. The van der Waals surface area contributed by atoms with E-state index in [9.17, 15) is 14.0 Å². The number of Topliss-reactive ketones (excluding diaryl/α,β-unsaturated/α-hetero) is 1. The predicted molar refractivity (Wildman–Crippen MR) is 107 cm³/mol. The summed E-state index contributed by atoms with van der Waals surface area (Å²) in [4.78, 5) is 31.0. The summed E-state index contributed by atoms with van der Waals surface area (Å²) < 4.78 is 13.3. The number of nitrogens with one attached hydrogen (secondary N) is 1. The van der Waals surface area contributed by atoms with Crippen molar-refractivity contribution in [2.24, 2.45) is 0 Å². The predicted octanol–water partition coefficient (Wildman–Crippen LogP) is 4.59. The first kappa shape index (κ1) is 18.4. The van der Waals surface area contributed by atoms with E-state index in [2.05, 4.69) is 4.98 Å². The molecule has 1 aliphatic heterocycles. The van der Waals surface area contributed by atoms with Crippen LogP contribution in [0, 0.1) is 12.7 Å². The van der Waals surface area contributed by atoms with Gasteiger partial charge in [-0.2, -0.15) is 0 Å². The molecule has 1 amide bonds. The quantitative estimate of drug-likeness (QED) is 0.535. The Morgan fingerprint density at radius 2 is 1.82 bits per heavy atom. The number of amides is 1. The number of rotatable bonds is 3. The van der Waals surface area contributed by atoms with Crippen molar-refractivity contribution in [1.29, 1.82) is 0 Å². The number of carbonyl (C=O) groups is 2. The monoisotopic (exact) mass is 378 g/mol. The van der Waals surface area contributed by atoms with Gasteiger partial charge in [-0.25, -0.2) is 4.39 Å². The van der Waals surface area contributed by atoms with Gasteiger partial charge in [-0.05, 0) is 43.5 Å². The van der Waals surface area contributed by atoms with Gasteiger partial charge in [0, 0.05) is 35.6 Å². The van der Waals surface area contributed by atoms with Crippen molar-refractivity contribution in [3.63, 3.8) is 0 Å². The van der Waals surface area contributed by atoms with Crippen LogP contribution in [0.15, 0.2) is 48.5 Å². The van der Waals surface area contributed by atoms with Crippen molar-refractivity contribution < 1.29 is 14.0 Å². The summed E-state index contributed by atoms with van der Waals surface area (Å²) in [6, 6.07) is 14.0. The maximum absolute atomic E-state index is 13.3. The number of hydrogen-bond acceptors (Lipinski definition) is 2. The lowest BCUT2D eigenvalue weighted by Crippen LogP contribution is -2.39. The molecule has 0 radical (unpaired) electrons. The van der Waals surface area contributed by atoms with Gasteiger partial charge in [0.15, 0.2) is 0 Å². The van der Waals surface area contributed by atoms with E-state index in [1.54, 1.807) is 17.0 Å². The molecule has 4 rings (SSSR count). The minimum absolute atomic E-state index is 0.115. The number of aromatic amines is 1. The summed E-state index contributed by atoms with van der Waals surface area (Å²) in [6.07, 6.45) is 2.77. The average molecular weight is 378 g/mol. The lowest BCUT2D eigenvalue weighted by atomic mass is 9.94. The molecule has 28 heavy (non-hydrogen) atoms. The average Bonchev–Trinajstić information content (AvgIpc) is 2.87. The molecule has 5 heteroatoms. The Hall–Kier alpha value is -2.95. The Balaban J connectivity index is 1.59. The highest BCUT2D eigenvalue weighted by Gasteiger charge is 2.30. The number of nitrogens with zero attached hydrogens (tertiary/aromatic N) is 1. The van der Waals surface area contributed by atoms with Gasteiger partial charge in [0.2, 0.25) is 0 Å². The van der Waals surface area contributed by atoms with Crippen LogP contribution < -0.4 is 0 Å². The van der Waals surface area contributed by atoms with Gasteiger partial charge in [-0.1, -0.05) is 36.8 Å². The molecule has 1 saturated heterocycles. The van der Waals surface area contributed by atoms with Crippen LogP contribution >= 0.6 is 0 Å². The number of halogens is 1. The van der Waals surface area contributed by atoms with E-state index in [1.807, 2.05) is 31.2 Å². The summed E-state index contributed by atoms with van der Waals surface area (Å²) >= 11 is 0. The standard InChI is InChI=1S/C23H23FN2O2/c1-15-21(19-7-2-3-8-20(19)25-15)22(27)23(28)26-13-5-4-6-17(14-26)16-9-11-18(24)12-10-16/h2-3,7-12,17,25H,4-6,13-14H2,1H3. The first-order valence-electron chi connectivity index (χ1n) is 9.71. The molecular weight excluding hydrogens is 355 g/mol. The fourth-order valence-corrected chi connectivity index (χ4v) is 4.15. The fourth-order valence-electron chi connectivity index (χ4n) is 4.15. The van der Waals surface area contributed by atoms with Crippen LogP contribution in [0.1, 0.15) is 46.8 Å². The maximum Gasteiger partial charge on any atom is 0.295 e. The normalized spacial score (nSPS) is 17.5. The van der Waals surface area contributed by atoms with E-state index in [-0.39, 0.29) is 11.7 Å². The molecule has 0 saturated carbocycles. The van der Waals surface area contributed by atoms with Crippen LogP contribution in [-0.4, -0.2) is 34.7 Å². The van der Waals surface area contributed by atoms with E-state index in [1.165, 1.54) is 12.1 Å². The number of fused-ring (bicyclic) bond motifs is 1. The summed E-state index contributed by atoms with van der Waals surface area (Å²) in [5.74, 6) is -1.07. The first-order chi connectivity index (χ1) is 13.5. The molecule has 1 N–H and O–H groups in total. The van der Waals surface area contributed by atoms with E-state index >= 15 is 0 Å². The molecule has 1 atom stereocenters. The fraction of sp³-hybridized carbons (Fsp3) is 0.304. The second-order valence-electron chi connectivity index (χ2n) is 7.50. The van der Waals surface area contributed by atoms with Gasteiger partial charge in [-0.15, -0.1) is 0 Å². The molecule has 2 heterocycles. The number of H-pyrrole nitrogens is 1. The largest absolute Gasteiger partial charge is 0.358 e. The van der Waals surface area contributed by atoms with Crippen LogP contribution in [0.4, 0.5) is 4.39 Å². The molecule has 144 valence electrons. The highest BCUT2D eigenvalue weighted by molar-refractivity contribution is 6.45. The van der Waals surface area contributed by atoms with Gasteiger partial charge in [0.05, 0.1) is 5.56 Å². The number of para-hydroxylation sites is 1. The smallest absolute Gasteiger partial charge is 0.295 e. The van der Waals surface area contributed by atoms with Crippen molar-refractivity contribution in [3.8, 4) is 0 Å². The zero-order valence-electron chi connectivity index (χ0n) is 15.9. The maximum atomic E-state index is 13.3. The van der Waals surface area contributed by atoms with Gasteiger partial charge in [0.1, 0.15) is 5.82 Å². The molecular formula is C23H23FN2O2. The lowest BCUT2D eigenvalue weighted by molar-refractivity contribution is -0.126. The van der Waals surface area contributed by atoms with Crippen LogP contribution in [0.5, 0.6) is 0 Å². The Morgan fingerprint density at radius 1 is 1.07 bits per heavy atom. The van der Waals surface area contributed by atoms with Crippen LogP contribution in [0.3, 0.4) is 0 Å². The highest BCUT2D eigenvalue weighted by Crippen LogP contribution is 2.28. The Kier molecular flexibility index (Phi) is 4.99. The number of ketones is 1. The Labute approximate surface area is 163 Å². The minimum Gasteiger partial charge on any atom is -0.358 e. The first-order valence-corrected chi connectivity index (χ1v) is 9.71. The summed E-state index contributed by atoms with van der Waals surface area (Å²) in [6.45, 7) is 2.88. The van der Waals surface area contributed by atoms with Gasteiger partial charge in [-0.3, -0.25) is 9.59 Å². The van der Waals surface area contributed by atoms with E-state index in [0.717, 1.165) is 35.7 Å². The molecule has 0 spiro atoms. The SMILES string of the molecule is Cc1[nH]c2ccccc2c1C(=O)C(=O)N1CCCCC(c2ccc(F)cc2)C1. The van der Waals surface area contributed by atoms with Crippen LogP contribution in [0.25, 0.3) is 10.9 Å². The number of aryl methyl sites for hydroxylation is 1. The number of aromatic nitrogens is 1. The number of likely N-dealkylation sites (tertiary alicyclic amines) is 1. The third kappa shape index (κ3) is 3.44. The minimum atomic E-state index is -0.463. The number of carbonyl (C=O) groups excluding carboxylic acids is 2. The lowest BCUT2D eigenvalue weighted by Gasteiger charge is -2.24. The van der Waals surface area contributed by atoms with E-state index in [4.69, 9.17) is 0 Å². The van der Waals surface area contributed by atoms with Crippen molar-refractivity contribution in [2.75, 3.05) is 13.1 Å². The topological polar surface area (TPSA) is 53.2 Å². The molecule has 1 aromatic heterocycles. The molecule has 1 fully saturated rings. The molecule has 1 aliphatic rings. The van der Waals surface area contributed by atoms with Crippen LogP contribution in [-0.2, 0) is 4.79 Å². The third-order valence-electron chi connectivity index (χ3n) is 5.61. The molecule has 0 aliphatic carbocycles. The number of benzene rings is 2. The van der Waals surface area contributed by atoms with Gasteiger partial charge >= 0.3 is 0 Å². The number of hydrogen-bond donors (Lipinski definition) is 1. The van der Waals surface area contributed by atoms with Crippen molar-refractivity contribution in [2.45, 2.75) is 32.1 Å². The second-order valence-corrected chi connectivity index (χ2v) is 7.50. The van der Waals surface area contributed by atoms with Crippen molar-refractivity contribution in [3.05, 3.63) is 71.2 Å². The molecule has 4 nitrogen and oxygen atoms in total. The summed E-state index contributed by atoms with van der Waals surface area (Å²) in [5.41, 5.74) is 3.04. The highest BCUT2D eigenvalue weighted by atomic mass is 19.1. The summed E-state index contributed by atoms with van der Waals surface area (Å²) in [7, 11) is 0. The third-order valence-corrected chi connectivity index (χ3v) is 5.61. The van der Waals surface area contributed by atoms with Crippen molar-refractivity contribution in [1.82, 2.24) is 9.88 Å². The Bertz CT molecular complexity index is 1020. The zero-order chi connectivity index (χ0) is 19.7. The molecule has 1 unspecified atom stereocenters. The van der Waals surface area contributed by atoms with Gasteiger partial charge < -0.3 is 9.88 Å². The van der Waals surface area contributed by atoms with E-state index < -0.39 is 11.7 Å². The van der Waals surface area contributed by atoms with Crippen molar-refractivity contribution >= 4 is 22.6 Å². The van der Waals surface area contributed by atoms with Crippen LogP contribution in [0.2, 0.25) is 0 Å². The van der Waals surface area contributed by atoms with Gasteiger partial charge in [0.25, 0.3) is 11.7 Å². The summed E-state index contributed by atoms with van der Waals surface area (Å²) in [5, 5.41) is 0.781.